The number of benzene rings is 2. The van der Waals surface area contributed by atoms with Gasteiger partial charge in [-0.1, -0.05) is 69.2 Å². The van der Waals surface area contributed by atoms with Gasteiger partial charge >= 0.3 is 5.97 Å². The predicted molar refractivity (Wildman–Crippen MR) is 164 cm³/mol. The molecule has 0 aliphatic rings. The molecule has 1 aromatic heterocycles. The van der Waals surface area contributed by atoms with Crippen LogP contribution in [0.3, 0.4) is 0 Å². The lowest BCUT2D eigenvalue weighted by atomic mass is 10.0. The number of esters is 1. The molecule has 0 aliphatic carbocycles. The fourth-order valence-corrected chi connectivity index (χ4v) is 4.31. The molecule has 5 heteroatoms. The van der Waals surface area contributed by atoms with E-state index in [1.165, 1.54) is 23.3 Å². The van der Waals surface area contributed by atoms with Crippen molar-refractivity contribution in [2.24, 2.45) is 7.05 Å². The van der Waals surface area contributed by atoms with Gasteiger partial charge in [0.1, 0.15) is 5.69 Å². The second kappa shape index (κ2) is 20.2. The van der Waals surface area contributed by atoms with Gasteiger partial charge in [-0.25, -0.2) is 4.79 Å². The van der Waals surface area contributed by atoms with Crippen molar-refractivity contribution in [1.82, 2.24) is 4.57 Å². The number of methoxy groups -OCH3 is 1. The summed E-state index contributed by atoms with van der Waals surface area (Å²) < 4.78 is 11.8. The number of carbonyl (C=O) groups is 1. The summed E-state index contributed by atoms with van der Waals surface area (Å²) in [7, 11) is 3.55. The zero-order chi connectivity index (χ0) is 28.2. The highest BCUT2D eigenvalue weighted by atomic mass is 32.2. The molecular formula is C32H47NO3S. The Morgan fingerprint density at radius 1 is 1.05 bits per heavy atom. The molecule has 0 saturated carbocycles. The highest BCUT2D eigenvalue weighted by Crippen LogP contribution is 2.35. The molecule has 0 spiro atoms. The lowest BCUT2D eigenvalue weighted by Crippen LogP contribution is -2.11. The number of hydrogen-bond acceptors (Lipinski definition) is 4. The minimum atomic E-state index is -0.275. The summed E-state index contributed by atoms with van der Waals surface area (Å²) in [5, 5.41) is 1.07. The molecule has 0 bridgehead atoms. The van der Waals surface area contributed by atoms with Crippen LogP contribution in [-0.2, 0) is 16.5 Å². The van der Waals surface area contributed by atoms with E-state index in [0.29, 0.717) is 12.3 Å². The number of aryl methyl sites for hydroxylation is 1. The monoisotopic (exact) mass is 525 g/mol. The first-order valence-electron chi connectivity index (χ1n) is 13.1. The van der Waals surface area contributed by atoms with Crippen molar-refractivity contribution in [2.75, 3.05) is 19.5 Å². The van der Waals surface area contributed by atoms with Crippen LogP contribution >= 0.6 is 11.8 Å². The van der Waals surface area contributed by atoms with E-state index in [2.05, 4.69) is 48.6 Å². The van der Waals surface area contributed by atoms with Gasteiger partial charge in [0, 0.05) is 28.4 Å². The quantitative estimate of drug-likeness (QED) is 0.0965. The van der Waals surface area contributed by atoms with Crippen molar-refractivity contribution in [3.63, 3.8) is 0 Å². The van der Waals surface area contributed by atoms with Gasteiger partial charge in [-0.05, 0) is 63.6 Å². The molecule has 0 fully saturated rings. The number of thioether (sulfide) groups is 1. The van der Waals surface area contributed by atoms with Gasteiger partial charge < -0.3 is 14.0 Å². The van der Waals surface area contributed by atoms with Gasteiger partial charge in [0.15, 0.2) is 0 Å². The Hall–Kier alpha value is -2.92. The molecule has 37 heavy (non-hydrogen) atoms. The molecule has 3 rings (SSSR count). The maximum Gasteiger partial charge on any atom is 0.355 e. The Morgan fingerprint density at radius 3 is 2.14 bits per heavy atom. The third-order valence-corrected chi connectivity index (χ3v) is 5.86. The molecule has 204 valence electrons. The van der Waals surface area contributed by atoms with E-state index in [0.717, 1.165) is 27.8 Å². The zero-order valence-corrected chi connectivity index (χ0v) is 25.2. The minimum absolute atomic E-state index is 0.275. The van der Waals surface area contributed by atoms with E-state index < -0.39 is 0 Å². The van der Waals surface area contributed by atoms with Gasteiger partial charge in [-0.3, -0.25) is 0 Å². The van der Waals surface area contributed by atoms with Crippen LogP contribution in [0, 0.1) is 0 Å². The number of allylic oxidation sites excluding steroid dienone is 2. The normalized spacial score (nSPS) is 9.86. The average Bonchev–Trinajstić information content (AvgIpc) is 3.19. The van der Waals surface area contributed by atoms with Crippen molar-refractivity contribution in [1.29, 1.82) is 0 Å². The number of ether oxygens (including phenoxy) is 2. The summed E-state index contributed by atoms with van der Waals surface area (Å²) in [6, 6.07) is 16.6. The fourth-order valence-electron chi connectivity index (χ4n) is 3.31. The van der Waals surface area contributed by atoms with Crippen LogP contribution in [0.2, 0.25) is 0 Å². The maximum absolute atomic E-state index is 12.6. The highest BCUT2D eigenvalue weighted by molar-refractivity contribution is 7.99. The zero-order valence-electron chi connectivity index (χ0n) is 24.4. The number of unbranched alkanes of at least 4 members (excludes halogenated alkanes) is 1. The largest absolute Gasteiger partial charge is 0.505 e. The van der Waals surface area contributed by atoms with Gasteiger partial charge in [0.05, 0.1) is 20.0 Å². The molecule has 4 nitrogen and oxygen atoms in total. The Balaban J connectivity index is 0.00000100. The molecule has 0 radical (unpaired) electrons. The Kier molecular flexibility index (Phi) is 18.6. The molecule has 1 heterocycles. The van der Waals surface area contributed by atoms with Crippen LogP contribution in [0.1, 0.15) is 71.8 Å². The van der Waals surface area contributed by atoms with Gasteiger partial charge in [-0.2, -0.15) is 0 Å². The summed E-state index contributed by atoms with van der Waals surface area (Å²) in [5.41, 5.74) is 4.81. The van der Waals surface area contributed by atoms with Crippen molar-refractivity contribution >= 4 is 28.6 Å². The second-order valence-corrected chi connectivity index (χ2v) is 9.33. The highest BCUT2D eigenvalue weighted by Gasteiger charge is 2.23. The number of para-hydroxylation sites is 1. The van der Waals surface area contributed by atoms with Crippen LogP contribution in [0.15, 0.2) is 77.9 Å². The second-order valence-electron chi connectivity index (χ2n) is 8.16. The molecule has 3 aromatic rings. The van der Waals surface area contributed by atoms with Crippen molar-refractivity contribution in [2.45, 2.75) is 66.2 Å². The average molecular weight is 526 g/mol. The SMILES string of the molecule is C/C=C/OC.C=C(C)C.CC.CCCCSc1ccc(-c2c(C(=O)OCC)n(C)c3ccccc23)cc1. The van der Waals surface area contributed by atoms with Crippen LogP contribution in [0.25, 0.3) is 22.0 Å². The third-order valence-electron chi connectivity index (χ3n) is 4.76. The lowest BCUT2D eigenvalue weighted by Gasteiger charge is -2.08. The van der Waals surface area contributed by atoms with Crippen molar-refractivity contribution in [3.05, 3.63) is 78.7 Å². The molecule has 0 aliphatic heterocycles. The van der Waals surface area contributed by atoms with Gasteiger partial charge in [0.25, 0.3) is 0 Å². The summed E-state index contributed by atoms with van der Waals surface area (Å²) in [4.78, 5) is 13.9. The molecule has 2 aromatic carbocycles. The van der Waals surface area contributed by atoms with Crippen LogP contribution in [0.4, 0.5) is 0 Å². The van der Waals surface area contributed by atoms with E-state index in [1.807, 2.05) is 89.2 Å². The molecule has 0 atom stereocenters. The van der Waals surface area contributed by atoms with Crippen LogP contribution < -0.4 is 0 Å². The van der Waals surface area contributed by atoms with E-state index in [4.69, 9.17) is 4.74 Å². The number of aromatic nitrogens is 1. The topological polar surface area (TPSA) is 40.5 Å². The first-order valence-corrected chi connectivity index (χ1v) is 14.0. The number of rotatable bonds is 8. The molecule has 0 amide bonds. The van der Waals surface area contributed by atoms with E-state index in [1.54, 1.807) is 13.4 Å². The minimum Gasteiger partial charge on any atom is -0.505 e. The van der Waals surface area contributed by atoms with Crippen LogP contribution in [-0.4, -0.2) is 30.0 Å². The van der Waals surface area contributed by atoms with Gasteiger partial charge in [-0.15, -0.1) is 18.3 Å². The third kappa shape index (κ3) is 11.8. The number of nitrogens with zero attached hydrogens (tertiary/aromatic N) is 1. The molecule has 0 N–H and O–H groups in total. The molecule has 0 unspecified atom stereocenters. The summed E-state index contributed by atoms with van der Waals surface area (Å²) in [6.45, 7) is 17.8. The number of carbonyl (C=O) groups excluding carboxylic acids is 1. The van der Waals surface area contributed by atoms with Crippen molar-refractivity contribution in [3.8, 4) is 11.1 Å². The smallest absolute Gasteiger partial charge is 0.355 e. The fraction of sp³-hybridized carbons (Fsp3) is 0.406. The first kappa shape index (κ1) is 34.1. The maximum atomic E-state index is 12.6. The van der Waals surface area contributed by atoms with E-state index in [-0.39, 0.29) is 5.97 Å². The number of hydrogen-bond donors (Lipinski definition) is 0. The Morgan fingerprint density at radius 2 is 1.65 bits per heavy atom. The Labute approximate surface area is 229 Å². The van der Waals surface area contributed by atoms with Gasteiger partial charge in [0.2, 0.25) is 0 Å². The summed E-state index contributed by atoms with van der Waals surface area (Å²) in [6.07, 6.45) is 5.90. The van der Waals surface area contributed by atoms with Crippen LogP contribution in [0.5, 0.6) is 0 Å². The standard InChI is InChI=1S/C22H25NO2S.C4H8O.C4H8.C2H6/c1-4-6-15-26-17-13-11-16(12-14-17)20-18-9-7-8-10-19(18)23(3)21(20)22(24)25-5-2;1-3-4-5-2;1-4(2)3;1-2/h7-14H,4-6,15H2,1-3H3;3-4H,1-2H3;1H2,2-3H3;1-2H3/b;4-3+;;. The number of fused-ring (bicyclic) bond motifs is 1. The first-order chi connectivity index (χ1) is 17.8. The Bertz CT molecular complexity index is 1080. The molecular weight excluding hydrogens is 478 g/mol. The van der Waals surface area contributed by atoms with E-state index >= 15 is 0 Å². The summed E-state index contributed by atoms with van der Waals surface area (Å²) in [5.74, 6) is 0.862. The summed E-state index contributed by atoms with van der Waals surface area (Å²) >= 11 is 1.88. The van der Waals surface area contributed by atoms with E-state index in [9.17, 15) is 4.79 Å². The molecule has 0 saturated heterocycles. The predicted octanol–water partition coefficient (Wildman–Crippen LogP) is 9.69. The lowest BCUT2D eigenvalue weighted by molar-refractivity contribution is 0.0517. The van der Waals surface area contributed by atoms with Crippen molar-refractivity contribution < 1.29 is 14.3 Å².